The third kappa shape index (κ3) is 2.85. The maximum atomic E-state index is 10.6. The molecule has 0 N–H and O–H groups in total. The number of hydrogen-bond donors (Lipinski definition) is 0. The van der Waals surface area contributed by atoms with Gasteiger partial charge in [0.25, 0.3) is 0 Å². The summed E-state index contributed by atoms with van der Waals surface area (Å²) in [5.74, 6) is 0. The molecule has 0 fully saturated rings. The van der Waals surface area contributed by atoms with E-state index in [1.807, 2.05) is 37.5 Å². The van der Waals surface area contributed by atoms with Crippen LogP contribution in [0.5, 0.6) is 0 Å². The molecule has 0 radical (unpaired) electrons. The molecule has 108 valence electrons. The second-order valence-electron chi connectivity index (χ2n) is 4.92. The van der Waals surface area contributed by atoms with Gasteiger partial charge in [0.05, 0.1) is 17.3 Å². The van der Waals surface area contributed by atoms with Gasteiger partial charge in [0.15, 0.2) is 0 Å². The van der Waals surface area contributed by atoms with Crippen LogP contribution in [-0.4, -0.2) is 36.4 Å². The van der Waals surface area contributed by atoms with E-state index in [2.05, 4.69) is 10.2 Å². The molecule has 2 aromatic heterocycles. The van der Waals surface area contributed by atoms with Crippen LogP contribution in [-0.2, 0) is 20.3 Å². The standard InChI is InChI=1S/C12H18N6O2/c1-9-12(10(2)16(4)14-9)7-15(3)8-17-6-11(5-13-17)18(19)20/h5-6H,7-8H2,1-4H3. The fourth-order valence-corrected chi connectivity index (χ4v) is 2.14. The van der Waals surface area contributed by atoms with Gasteiger partial charge >= 0.3 is 5.69 Å². The first kappa shape index (κ1) is 14.2. The molecule has 0 bridgehead atoms. The van der Waals surface area contributed by atoms with Crippen LogP contribution in [0.3, 0.4) is 0 Å². The molecule has 8 heteroatoms. The number of hydrogen-bond acceptors (Lipinski definition) is 5. The number of nitro groups is 1. The lowest BCUT2D eigenvalue weighted by Crippen LogP contribution is -2.22. The highest BCUT2D eigenvalue weighted by atomic mass is 16.6. The van der Waals surface area contributed by atoms with Crippen molar-refractivity contribution in [1.29, 1.82) is 0 Å². The van der Waals surface area contributed by atoms with Crippen molar-refractivity contribution in [2.45, 2.75) is 27.1 Å². The second-order valence-corrected chi connectivity index (χ2v) is 4.92. The summed E-state index contributed by atoms with van der Waals surface area (Å²) in [4.78, 5) is 12.2. The van der Waals surface area contributed by atoms with Crippen LogP contribution in [0.1, 0.15) is 17.0 Å². The van der Waals surface area contributed by atoms with E-state index in [4.69, 9.17) is 0 Å². The van der Waals surface area contributed by atoms with Gasteiger partial charge in [0.2, 0.25) is 0 Å². The molecule has 2 rings (SSSR count). The lowest BCUT2D eigenvalue weighted by atomic mass is 10.2. The summed E-state index contributed by atoms with van der Waals surface area (Å²) in [5.41, 5.74) is 3.31. The van der Waals surface area contributed by atoms with Gasteiger partial charge in [-0.15, -0.1) is 0 Å². The highest BCUT2D eigenvalue weighted by molar-refractivity contribution is 5.24. The van der Waals surface area contributed by atoms with Crippen molar-refractivity contribution in [3.63, 3.8) is 0 Å². The number of aryl methyl sites for hydroxylation is 2. The summed E-state index contributed by atoms with van der Waals surface area (Å²) in [5, 5.41) is 19.0. The molecule has 0 aromatic carbocycles. The summed E-state index contributed by atoms with van der Waals surface area (Å²) in [6, 6.07) is 0. The Morgan fingerprint density at radius 3 is 2.65 bits per heavy atom. The predicted molar refractivity (Wildman–Crippen MR) is 73.0 cm³/mol. The maximum absolute atomic E-state index is 10.6. The quantitative estimate of drug-likeness (QED) is 0.607. The first-order valence-corrected chi connectivity index (χ1v) is 6.23. The Balaban J connectivity index is 2.04. The monoisotopic (exact) mass is 278 g/mol. The van der Waals surface area contributed by atoms with Gasteiger partial charge < -0.3 is 0 Å². The average Bonchev–Trinajstić information content (AvgIpc) is 2.91. The van der Waals surface area contributed by atoms with E-state index in [1.165, 1.54) is 18.0 Å². The number of aromatic nitrogens is 4. The molecule has 20 heavy (non-hydrogen) atoms. The van der Waals surface area contributed by atoms with E-state index in [0.29, 0.717) is 6.67 Å². The Morgan fingerprint density at radius 1 is 1.45 bits per heavy atom. The van der Waals surface area contributed by atoms with Crippen LogP contribution in [0.25, 0.3) is 0 Å². The van der Waals surface area contributed by atoms with Crippen molar-refractivity contribution in [1.82, 2.24) is 24.5 Å². The molecule has 8 nitrogen and oxygen atoms in total. The van der Waals surface area contributed by atoms with E-state index in [1.54, 1.807) is 4.68 Å². The Labute approximate surface area is 116 Å². The van der Waals surface area contributed by atoms with Crippen molar-refractivity contribution in [2.24, 2.45) is 7.05 Å². The van der Waals surface area contributed by atoms with Crippen molar-refractivity contribution in [3.05, 3.63) is 39.5 Å². The minimum absolute atomic E-state index is 0.00661. The molecule has 0 spiro atoms. The molecule has 0 aliphatic carbocycles. The van der Waals surface area contributed by atoms with E-state index in [9.17, 15) is 10.1 Å². The van der Waals surface area contributed by atoms with Crippen LogP contribution in [0.15, 0.2) is 12.4 Å². The van der Waals surface area contributed by atoms with Crippen molar-refractivity contribution in [3.8, 4) is 0 Å². The van der Waals surface area contributed by atoms with Gasteiger partial charge in [0, 0.05) is 24.8 Å². The summed E-state index contributed by atoms with van der Waals surface area (Å²) in [7, 11) is 3.86. The topological polar surface area (TPSA) is 82.0 Å². The average molecular weight is 278 g/mol. The zero-order valence-corrected chi connectivity index (χ0v) is 12.1. The van der Waals surface area contributed by atoms with Crippen LogP contribution in [0.4, 0.5) is 5.69 Å². The molecule has 0 saturated carbocycles. The van der Waals surface area contributed by atoms with Crippen molar-refractivity contribution < 1.29 is 4.92 Å². The van der Waals surface area contributed by atoms with Gasteiger partial charge in [-0.1, -0.05) is 0 Å². The third-order valence-corrected chi connectivity index (χ3v) is 3.30. The smallest absolute Gasteiger partial charge is 0.283 e. The SMILES string of the molecule is Cc1nn(C)c(C)c1CN(C)Cn1cc([N+](=O)[O-])cn1. The summed E-state index contributed by atoms with van der Waals surface area (Å²) in [6.07, 6.45) is 2.69. The normalized spacial score (nSPS) is 11.2. The first-order chi connectivity index (χ1) is 9.38. The van der Waals surface area contributed by atoms with Gasteiger partial charge in [-0.2, -0.15) is 10.2 Å². The molecule has 0 amide bonds. The summed E-state index contributed by atoms with van der Waals surface area (Å²) < 4.78 is 3.41. The zero-order valence-electron chi connectivity index (χ0n) is 12.1. The maximum Gasteiger partial charge on any atom is 0.307 e. The zero-order chi connectivity index (χ0) is 14.9. The van der Waals surface area contributed by atoms with E-state index >= 15 is 0 Å². The Kier molecular flexibility index (Phi) is 3.84. The van der Waals surface area contributed by atoms with Crippen LogP contribution < -0.4 is 0 Å². The van der Waals surface area contributed by atoms with Crippen LogP contribution >= 0.6 is 0 Å². The molecule has 2 aromatic rings. The fourth-order valence-electron chi connectivity index (χ4n) is 2.14. The van der Waals surface area contributed by atoms with Crippen LogP contribution in [0.2, 0.25) is 0 Å². The largest absolute Gasteiger partial charge is 0.307 e. The molecular formula is C12H18N6O2. The highest BCUT2D eigenvalue weighted by Crippen LogP contribution is 2.15. The molecule has 0 saturated heterocycles. The van der Waals surface area contributed by atoms with Gasteiger partial charge in [0.1, 0.15) is 12.4 Å². The lowest BCUT2D eigenvalue weighted by molar-refractivity contribution is -0.385. The van der Waals surface area contributed by atoms with Gasteiger partial charge in [-0.05, 0) is 20.9 Å². The molecule has 0 aliphatic heterocycles. The first-order valence-electron chi connectivity index (χ1n) is 6.23. The molecule has 0 aliphatic rings. The van der Waals surface area contributed by atoms with Gasteiger partial charge in [-0.25, -0.2) is 0 Å². The third-order valence-electron chi connectivity index (χ3n) is 3.30. The van der Waals surface area contributed by atoms with E-state index in [-0.39, 0.29) is 5.69 Å². The number of rotatable bonds is 5. The summed E-state index contributed by atoms with van der Waals surface area (Å²) in [6.45, 7) is 5.22. The summed E-state index contributed by atoms with van der Waals surface area (Å²) >= 11 is 0. The molecule has 2 heterocycles. The Morgan fingerprint density at radius 2 is 2.15 bits per heavy atom. The second kappa shape index (κ2) is 5.41. The van der Waals surface area contributed by atoms with Crippen molar-refractivity contribution >= 4 is 5.69 Å². The Bertz CT molecular complexity index is 630. The van der Waals surface area contributed by atoms with E-state index in [0.717, 1.165) is 17.9 Å². The minimum atomic E-state index is -0.446. The van der Waals surface area contributed by atoms with Gasteiger partial charge in [-0.3, -0.25) is 24.4 Å². The lowest BCUT2D eigenvalue weighted by Gasteiger charge is -2.16. The van der Waals surface area contributed by atoms with E-state index < -0.39 is 4.92 Å². The number of nitrogens with zero attached hydrogens (tertiary/aromatic N) is 6. The van der Waals surface area contributed by atoms with Crippen LogP contribution in [0, 0.1) is 24.0 Å². The fraction of sp³-hybridized carbons (Fsp3) is 0.500. The highest BCUT2D eigenvalue weighted by Gasteiger charge is 2.13. The predicted octanol–water partition coefficient (Wildman–Crippen LogP) is 1.23. The van der Waals surface area contributed by atoms with Crippen molar-refractivity contribution in [2.75, 3.05) is 7.05 Å². The molecular weight excluding hydrogens is 260 g/mol. The Hall–Kier alpha value is -2.22. The minimum Gasteiger partial charge on any atom is -0.283 e. The molecule has 0 unspecified atom stereocenters. The molecule has 0 atom stereocenters.